The highest BCUT2D eigenvalue weighted by molar-refractivity contribution is 6.30. The zero-order valence-electron chi connectivity index (χ0n) is 15.4. The van der Waals surface area contributed by atoms with E-state index in [1.165, 1.54) is 6.07 Å². The second kappa shape index (κ2) is 7.52. The van der Waals surface area contributed by atoms with Crippen molar-refractivity contribution in [1.29, 1.82) is 0 Å². The maximum absolute atomic E-state index is 14.4. The smallest absolute Gasteiger partial charge is 0.151 e. The van der Waals surface area contributed by atoms with Crippen molar-refractivity contribution in [1.82, 2.24) is 9.78 Å². The summed E-state index contributed by atoms with van der Waals surface area (Å²) in [6.07, 6.45) is 0. The number of nitrogens with zero attached hydrogens (tertiary/aromatic N) is 2. The first-order valence-electron chi connectivity index (χ1n) is 8.72. The van der Waals surface area contributed by atoms with Crippen LogP contribution in [0.1, 0.15) is 5.56 Å². The van der Waals surface area contributed by atoms with Crippen molar-refractivity contribution < 1.29 is 13.9 Å². The average molecular weight is 397 g/mol. The standard InChI is InChI=1S/C22H18ClFN2O2/c1-27-16-10-11-17(20(12-16)28-2)22-18-4-3-5-19(24)21(18)25-26(22)13-14-6-8-15(23)9-7-14/h3-12H,13H2,1-2H3. The van der Waals surface area contributed by atoms with Gasteiger partial charge in [-0.15, -0.1) is 0 Å². The molecule has 0 aliphatic heterocycles. The van der Waals surface area contributed by atoms with E-state index in [0.717, 1.165) is 22.2 Å². The van der Waals surface area contributed by atoms with Crippen LogP contribution in [0.5, 0.6) is 11.5 Å². The molecule has 4 rings (SSSR count). The number of fused-ring (bicyclic) bond motifs is 1. The lowest BCUT2D eigenvalue weighted by Crippen LogP contribution is -2.04. The minimum absolute atomic E-state index is 0.323. The lowest BCUT2D eigenvalue weighted by atomic mass is 10.1. The van der Waals surface area contributed by atoms with E-state index in [9.17, 15) is 4.39 Å². The Morgan fingerprint density at radius 3 is 2.50 bits per heavy atom. The quantitative estimate of drug-likeness (QED) is 0.443. The summed E-state index contributed by atoms with van der Waals surface area (Å²) in [5.74, 6) is 0.948. The summed E-state index contributed by atoms with van der Waals surface area (Å²) in [5, 5.41) is 5.93. The first kappa shape index (κ1) is 18.3. The fraction of sp³-hybridized carbons (Fsp3) is 0.136. The molecule has 3 aromatic carbocycles. The van der Waals surface area contributed by atoms with Gasteiger partial charge in [0.1, 0.15) is 17.0 Å². The molecule has 4 aromatic rings. The molecule has 142 valence electrons. The van der Waals surface area contributed by atoms with E-state index in [1.54, 1.807) is 31.0 Å². The molecule has 0 N–H and O–H groups in total. The van der Waals surface area contributed by atoms with Crippen molar-refractivity contribution in [3.8, 4) is 22.8 Å². The number of aromatic nitrogens is 2. The number of ether oxygens (including phenoxy) is 2. The molecule has 0 fully saturated rings. The van der Waals surface area contributed by atoms with Gasteiger partial charge in [-0.05, 0) is 35.9 Å². The molecule has 0 amide bonds. The SMILES string of the molecule is COc1ccc(-c2c3cccc(F)c3nn2Cc2ccc(Cl)cc2)c(OC)c1. The van der Waals surface area contributed by atoms with Gasteiger partial charge < -0.3 is 9.47 Å². The van der Waals surface area contributed by atoms with Crippen molar-refractivity contribution in [3.05, 3.63) is 77.1 Å². The molecule has 0 radical (unpaired) electrons. The Morgan fingerprint density at radius 2 is 1.79 bits per heavy atom. The predicted octanol–water partition coefficient (Wildman–Crippen LogP) is 5.56. The van der Waals surface area contributed by atoms with Crippen LogP contribution >= 0.6 is 11.6 Å². The van der Waals surface area contributed by atoms with Gasteiger partial charge in [0.2, 0.25) is 0 Å². The molecular weight excluding hydrogens is 379 g/mol. The molecule has 4 nitrogen and oxygen atoms in total. The molecule has 0 unspecified atom stereocenters. The summed E-state index contributed by atoms with van der Waals surface area (Å²) in [6, 6.07) is 18.0. The Morgan fingerprint density at radius 1 is 1.00 bits per heavy atom. The van der Waals surface area contributed by atoms with E-state index in [4.69, 9.17) is 21.1 Å². The summed E-state index contributed by atoms with van der Waals surface area (Å²) in [7, 11) is 3.20. The predicted molar refractivity (Wildman–Crippen MR) is 109 cm³/mol. The zero-order chi connectivity index (χ0) is 19.7. The Hall–Kier alpha value is -3.05. The highest BCUT2D eigenvalue weighted by Crippen LogP contribution is 2.38. The van der Waals surface area contributed by atoms with Crippen LogP contribution in [0.25, 0.3) is 22.2 Å². The minimum Gasteiger partial charge on any atom is -0.497 e. The number of methoxy groups -OCH3 is 2. The lowest BCUT2D eigenvalue weighted by Gasteiger charge is -2.13. The Balaban J connectivity index is 1.93. The molecule has 0 saturated heterocycles. The van der Waals surface area contributed by atoms with Crippen LogP contribution < -0.4 is 9.47 Å². The summed E-state index contributed by atoms with van der Waals surface area (Å²) in [4.78, 5) is 0. The first-order chi connectivity index (χ1) is 13.6. The Kier molecular flexibility index (Phi) is 4.92. The fourth-order valence-corrected chi connectivity index (χ4v) is 3.40. The molecular formula is C22H18ClFN2O2. The Bertz CT molecular complexity index is 1140. The van der Waals surface area contributed by atoms with E-state index in [-0.39, 0.29) is 5.82 Å². The maximum atomic E-state index is 14.4. The molecule has 1 aromatic heterocycles. The molecule has 0 aliphatic rings. The molecule has 6 heteroatoms. The molecule has 1 heterocycles. The van der Waals surface area contributed by atoms with Crippen molar-refractivity contribution in [2.45, 2.75) is 6.54 Å². The van der Waals surface area contributed by atoms with Gasteiger partial charge in [-0.2, -0.15) is 5.10 Å². The normalized spacial score (nSPS) is 11.0. The van der Waals surface area contributed by atoms with Crippen LogP contribution in [0.2, 0.25) is 5.02 Å². The van der Waals surface area contributed by atoms with Crippen molar-refractivity contribution in [3.63, 3.8) is 0 Å². The van der Waals surface area contributed by atoms with Crippen LogP contribution in [0, 0.1) is 5.82 Å². The topological polar surface area (TPSA) is 36.3 Å². The molecule has 0 aliphatic carbocycles. The highest BCUT2D eigenvalue weighted by atomic mass is 35.5. The number of benzene rings is 3. The highest BCUT2D eigenvalue weighted by Gasteiger charge is 2.19. The van der Waals surface area contributed by atoms with Crippen molar-refractivity contribution in [2.24, 2.45) is 0 Å². The van der Waals surface area contributed by atoms with Gasteiger partial charge in [-0.25, -0.2) is 4.39 Å². The largest absolute Gasteiger partial charge is 0.497 e. The summed E-state index contributed by atoms with van der Waals surface area (Å²) >= 11 is 5.99. The van der Waals surface area contributed by atoms with Gasteiger partial charge in [0.25, 0.3) is 0 Å². The molecule has 0 bridgehead atoms. The fourth-order valence-electron chi connectivity index (χ4n) is 3.27. The number of rotatable bonds is 5. The molecule has 0 saturated carbocycles. The van der Waals surface area contributed by atoms with E-state index < -0.39 is 0 Å². The van der Waals surface area contributed by atoms with Crippen LogP contribution in [-0.4, -0.2) is 24.0 Å². The second-order valence-electron chi connectivity index (χ2n) is 6.33. The van der Waals surface area contributed by atoms with Gasteiger partial charge in [-0.1, -0.05) is 35.9 Å². The van der Waals surface area contributed by atoms with Crippen LogP contribution in [-0.2, 0) is 6.54 Å². The maximum Gasteiger partial charge on any atom is 0.151 e. The summed E-state index contributed by atoms with van der Waals surface area (Å²) < 4.78 is 27.1. The van der Waals surface area contributed by atoms with E-state index in [1.807, 2.05) is 42.5 Å². The third kappa shape index (κ3) is 3.29. The van der Waals surface area contributed by atoms with E-state index in [0.29, 0.717) is 28.6 Å². The molecule has 28 heavy (non-hydrogen) atoms. The zero-order valence-corrected chi connectivity index (χ0v) is 16.2. The Labute approximate surface area is 167 Å². The van der Waals surface area contributed by atoms with Crippen LogP contribution in [0.4, 0.5) is 4.39 Å². The van der Waals surface area contributed by atoms with Gasteiger partial charge in [0.15, 0.2) is 5.82 Å². The molecule has 0 atom stereocenters. The van der Waals surface area contributed by atoms with Crippen LogP contribution in [0.3, 0.4) is 0 Å². The second-order valence-corrected chi connectivity index (χ2v) is 6.77. The number of hydrogen-bond acceptors (Lipinski definition) is 3. The monoisotopic (exact) mass is 396 g/mol. The average Bonchev–Trinajstić information content (AvgIpc) is 3.08. The lowest BCUT2D eigenvalue weighted by molar-refractivity contribution is 0.395. The van der Waals surface area contributed by atoms with Gasteiger partial charge in [0.05, 0.1) is 26.5 Å². The third-order valence-corrected chi connectivity index (χ3v) is 4.88. The van der Waals surface area contributed by atoms with Gasteiger partial charge >= 0.3 is 0 Å². The van der Waals surface area contributed by atoms with E-state index >= 15 is 0 Å². The number of halogens is 2. The van der Waals surface area contributed by atoms with Gasteiger partial charge in [0, 0.05) is 22.0 Å². The first-order valence-corrected chi connectivity index (χ1v) is 9.10. The van der Waals surface area contributed by atoms with Crippen molar-refractivity contribution >= 4 is 22.5 Å². The molecule has 0 spiro atoms. The minimum atomic E-state index is -0.360. The number of hydrogen-bond donors (Lipinski definition) is 0. The van der Waals surface area contributed by atoms with Crippen LogP contribution in [0.15, 0.2) is 60.7 Å². The third-order valence-electron chi connectivity index (χ3n) is 4.63. The van der Waals surface area contributed by atoms with Gasteiger partial charge in [-0.3, -0.25) is 4.68 Å². The van der Waals surface area contributed by atoms with E-state index in [2.05, 4.69) is 5.10 Å². The summed E-state index contributed by atoms with van der Waals surface area (Å²) in [6.45, 7) is 0.468. The summed E-state index contributed by atoms with van der Waals surface area (Å²) in [5.41, 5.74) is 2.92. The van der Waals surface area contributed by atoms with Crippen molar-refractivity contribution in [2.75, 3.05) is 14.2 Å².